The fourth-order valence-corrected chi connectivity index (χ4v) is 1.85. The minimum atomic E-state index is -4.74. The van der Waals surface area contributed by atoms with Crippen LogP contribution in [0, 0.1) is 5.92 Å². The van der Waals surface area contributed by atoms with Gasteiger partial charge in [0.05, 0.1) is 6.10 Å². The van der Waals surface area contributed by atoms with Crippen molar-refractivity contribution >= 4 is 0 Å². The molecule has 0 aliphatic heterocycles. The maximum atomic E-state index is 12.2. The van der Waals surface area contributed by atoms with Gasteiger partial charge in [-0.3, -0.25) is 0 Å². The quantitative estimate of drug-likeness (QED) is 0.832. The SMILES string of the molecule is CC(C)CCCC(O)c1ccccc1OC(F)(F)F. The van der Waals surface area contributed by atoms with Gasteiger partial charge >= 0.3 is 6.36 Å². The van der Waals surface area contributed by atoms with Crippen molar-refractivity contribution in [2.24, 2.45) is 5.92 Å². The predicted octanol–water partition coefficient (Wildman–Crippen LogP) is 4.44. The van der Waals surface area contributed by atoms with Gasteiger partial charge in [0.15, 0.2) is 0 Å². The highest BCUT2D eigenvalue weighted by atomic mass is 19.4. The fourth-order valence-electron chi connectivity index (χ4n) is 1.85. The maximum Gasteiger partial charge on any atom is 0.573 e. The minimum absolute atomic E-state index is 0.184. The number of rotatable bonds is 6. The summed E-state index contributed by atoms with van der Waals surface area (Å²) in [5.41, 5.74) is 0.184. The first-order chi connectivity index (χ1) is 8.79. The smallest absolute Gasteiger partial charge is 0.405 e. The van der Waals surface area contributed by atoms with Gasteiger partial charge in [0.2, 0.25) is 0 Å². The van der Waals surface area contributed by atoms with E-state index in [0.29, 0.717) is 12.3 Å². The lowest BCUT2D eigenvalue weighted by Crippen LogP contribution is -2.18. The van der Waals surface area contributed by atoms with Crippen molar-refractivity contribution in [3.8, 4) is 5.75 Å². The molecule has 0 saturated carbocycles. The number of ether oxygens (including phenoxy) is 1. The highest BCUT2D eigenvalue weighted by Gasteiger charge is 2.32. The topological polar surface area (TPSA) is 29.5 Å². The molecule has 1 aromatic carbocycles. The van der Waals surface area contributed by atoms with Crippen LogP contribution in [0.2, 0.25) is 0 Å². The second kappa shape index (κ2) is 6.80. The van der Waals surface area contributed by atoms with E-state index in [0.717, 1.165) is 12.8 Å². The number of hydrogen-bond acceptors (Lipinski definition) is 2. The van der Waals surface area contributed by atoms with E-state index >= 15 is 0 Å². The summed E-state index contributed by atoms with van der Waals surface area (Å²) < 4.78 is 40.6. The van der Waals surface area contributed by atoms with Crippen molar-refractivity contribution in [2.45, 2.75) is 45.6 Å². The van der Waals surface area contributed by atoms with E-state index < -0.39 is 12.5 Å². The van der Waals surface area contributed by atoms with Crippen molar-refractivity contribution in [2.75, 3.05) is 0 Å². The molecule has 0 aromatic heterocycles. The third-order valence-corrected chi connectivity index (χ3v) is 2.76. The summed E-state index contributed by atoms with van der Waals surface area (Å²) >= 11 is 0. The molecule has 0 radical (unpaired) electrons. The molecule has 0 aliphatic rings. The van der Waals surface area contributed by atoms with Gasteiger partial charge in [-0.05, 0) is 18.4 Å². The molecule has 1 N–H and O–H groups in total. The third-order valence-electron chi connectivity index (χ3n) is 2.76. The van der Waals surface area contributed by atoms with Crippen molar-refractivity contribution in [3.05, 3.63) is 29.8 Å². The van der Waals surface area contributed by atoms with E-state index in [2.05, 4.69) is 18.6 Å². The molecule has 2 nitrogen and oxygen atoms in total. The predicted molar refractivity (Wildman–Crippen MR) is 66.8 cm³/mol. The van der Waals surface area contributed by atoms with Gasteiger partial charge in [0.1, 0.15) is 5.75 Å². The number of hydrogen-bond donors (Lipinski definition) is 1. The van der Waals surface area contributed by atoms with E-state index in [1.807, 2.05) is 0 Å². The highest BCUT2D eigenvalue weighted by Crippen LogP contribution is 2.32. The molecule has 0 amide bonds. The van der Waals surface area contributed by atoms with Crippen molar-refractivity contribution in [1.82, 2.24) is 0 Å². The maximum absolute atomic E-state index is 12.2. The van der Waals surface area contributed by atoms with Gasteiger partial charge in [-0.25, -0.2) is 0 Å². The Morgan fingerprint density at radius 2 is 1.79 bits per heavy atom. The molecular weight excluding hydrogens is 257 g/mol. The average Bonchev–Trinajstić information content (AvgIpc) is 2.26. The van der Waals surface area contributed by atoms with Gasteiger partial charge in [-0.2, -0.15) is 0 Å². The van der Waals surface area contributed by atoms with Gasteiger partial charge in [-0.15, -0.1) is 13.2 Å². The molecule has 5 heteroatoms. The van der Waals surface area contributed by atoms with Crippen LogP contribution in [0.1, 0.15) is 44.8 Å². The van der Waals surface area contributed by atoms with Crippen LogP contribution in [-0.2, 0) is 0 Å². The largest absolute Gasteiger partial charge is 0.573 e. The molecular formula is C14H19F3O2. The van der Waals surface area contributed by atoms with Gasteiger partial charge in [-0.1, -0.05) is 44.9 Å². The van der Waals surface area contributed by atoms with Gasteiger partial charge in [0, 0.05) is 5.56 Å². The number of alkyl halides is 3. The monoisotopic (exact) mass is 276 g/mol. The summed E-state index contributed by atoms with van der Waals surface area (Å²) in [6.45, 7) is 4.13. The first-order valence-electron chi connectivity index (χ1n) is 6.32. The Kier molecular flexibility index (Phi) is 5.66. The number of benzene rings is 1. The van der Waals surface area contributed by atoms with Crippen LogP contribution >= 0.6 is 0 Å². The molecule has 0 fully saturated rings. The fraction of sp³-hybridized carbons (Fsp3) is 0.571. The van der Waals surface area contributed by atoms with Crippen LogP contribution in [0.5, 0.6) is 5.75 Å². The first kappa shape index (κ1) is 15.8. The average molecular weight is 276 g/mol. The Hall–Kier alpha value is -1.23. The normalized spacial score (nSPS) is 13.6. The lowest BCUT2D eigenvalue weighted by molar-refractivity contribution is -0.275. The molecule has 19 heavy (non-hydrogen) atoms. The third kappa shape index (κ3) is 5.96. The molecule has 0 spiro atoms. The summed E-state index contributed by atoms with van der Waals surface area (Å²) in [6, 6.07) is 5.71. The Bertz CT molecular complexity index is 389. The summed E-state index contributed by atoms with van der Waals surface area (Å²) in [5.74, 6) is 0.181. The second-order valence-corrected chi connectivity index (χ2v) is 4.93. The lowest BCUT2D eigenvalue weighted by atomic mass is 9.99. The summed E-state index contributed by atoms with van der Waals surface area (Å²) in [6.07, 6.45) is -3.56. The summed E-state index contributed by atoms with van der Waals surface area (Å²) in [5, 5.41) is 9.96. The minimum Gasteiger partial charge on any atom is -0.405 e. The first-order valence-corrected chi connectivity index (χ1v) is 6.32. The van der Waals surface area contributed by atoms with E-state index in [1.54, 1.807) is 6.07 Å². The number of para-hydroxylation sites is 1. The molecule has 1 aromatic rings. The molecule has 1 unspecified atom stereocenters. The number of halogens is 3. The summed E-state index contributed by atoms with van der Waals surface area (Å²) in [7, 11) is 0. The Labute approximate surface area is 111 Å². The van der Waals surface area contributed by atoms with Crippen LogP contribution in [0.3, 0.4) is 0 Å². The number of aliphatic hydroxyl groups is 1. The molecule has 108 valence electrons. The van der Waals surface area contributed by atoms with E-state index in [4.69, 9.17) is 0 Å². The Balaban J connectivity index is 2.70. The van der Waals surface area contributed by atoms with Crippen LogP contribution < -0.4 is 4.74 Å². The molecule has 0 heterocycles. The molecule has 1 rings (SSSR count). The highest BCUT2D eigenvalue weighted by molar-refractivity contribution is 5.35. The molecule has 0 aliphatic carbocycles. The summed E-state index contributed by atoms with van der Waals surface area (Å²) in [4.78, 5) is 0. The van der Waals surface area contributed by atoms with Crippen molar-refractivity contribution in [1.29, 1.82) is 0 Å². The standard InChI is InChI=1S/C14H19F3O2/c1-10(2)6-5-8-12(18)11-7-3-4-9-13(11)19-14(15,16)17/h3-4,7,9-10,12,18H,5-6,8H2,1-2H3. The lowest BCUT2D eigenvalue weighted by Gasteiger charge is -2.17. The van der Waals surface area contributed by atoms with Crippen LogP contribution in [0.4, 0.5) is 13.2 Å². The Morgan fingerprint density at radius 3 is 2.37 bits per heavy atom. The van der Waals surface area contributed by atoms with Crippen molar-refractivity contribution < 1.29 is 23.0 Å². The molecule has 0 saturated heterocycles. The zero-order chi connectivity index (χ0) is 14.5. The van der Waals surface area contributed by atoms with E-state index in [9.17, 15) is 18.3 Å². The van der Waals surface area contributed by atoms with Gasteiger partial charge in [0.25, 0.3) is 0 Å². The van der Waals surface area contributed by atoms with E-state index in [-0.39, 0.29) is 11.3 Å². The zero-order valence-electron chi connectivity index (χ0n) is 11.1. The van der Waals surface area contributed by atoms with Crippen LogP contribution in [0.25, 0.3) is 0 Å². The van der Waals surface area contributed by atoms with Crippen molar-refractivity contribution in [3.63, 3.8) is 0 Å². The zero-order valence-corrected chi connectivity index (χ0v) is 11.1. The van der Waals surface area contributed by atoms with E-state index in [1.165, 1.54) is 18.2 Å². The van der Waals surface area contributed by atoms with Gasteiger partial charge < -0.3 is 9.84 Å². The molecule has 1 atom stereocenters. The second-order valence-electron chi connectivity index (χ2n) is 4.93. The number of aliphatic hydroxyl groups excluding tert-OH is 1. The van der Waals surface area contributed by atoms with Crippen LogP contribution in [-0.4, -0.2) is 11.5 Å². The molecule has 0 bridgehead atoms. The van der Waals surface area contributed by atoms with Crippen LogP contribution in [0.15, 0.2) is 24.3 Å². The Morgan fingerprint density at radius 1 is 1.16 bits per heavy atom.